The Morgan fingerprint density at radius 2 is 2.00 bits per heavy atom. The summed E-state index contributed by atoms with van der Waals surface area (Å²) >= 11 is 0. The van der Waals surface area contributed by atoms with Gasteiger partial charge in [0.15, 0.2) is 0 Å². The van der Waals surface area contributed by atoms with Crippen LogP contribution in [0, 0.1) is 20.2 Å². The monoisotopic (exact) mass is 161 g/mol. The van der Waals surface area contributed by atoms with E-state index in [2.05, 4.69) is 21.3 Å². The molecule has 0 unspecified atom stereocenters. The number of aromatic nitrogens is 4. The standard InChI is InChI=1S/C8H9N4/c1-5-7-8(10-4-9-5)11-6(2)12(7)3/h1-3H3/q-1. The minimum atomic E-state index is 0.725. The Bertz CT molecular complexity index is 430. The molecule has 0 radical (unpaired) electrons. The van der Waals surface area contributed by atoms with Gasteiger partial charge in [0.1, 0.15) is 0 Å². The molecule has 0 spiro atoms. The maximum absolute atomic E-state index is 4.25. The molecular formula is C8H9N4-. The highest BCUT2D eigenvalue weighted by molar-refractivity contribution is 5.73. The van der Waals surface area contributed by atoms with Gasteiger partial charge in [0.05, 0.1) is 11.5 Å². The summed E-state index contributed by atoms with van der Waals surface area (Å²) in [6.07, 6.45) is 2.57. The molecule has 62 valence electrons. The lowest BCUT2D eigenvalue weighted by Crippen LogP contribution is -1.94. The maximum Gasteiger partial charge on any atom is 0.0923 e. The predicted octanol–water partition coefficient (Wildman–Crippen LogP) is 0.780. The van der Waals surface area contributed by atoms with Crippen molar-refractivity contribution in [2.45, 2.75) is 13.8 Å². The fourth-order valence-electron chi connectivity index (χ4n) is 1.28. The molecule has 0 saturated heterocycles. The first kappa shape index (κ1) is 7.21. The third-order valence-electron chi connectivity index (χ3n) is 2.02. The minimum Gasteiger partial charge on any atom is -0.369 e. The van der Waals surface area contributed by atoms with Gasteiger partial charge in [0, 0.05) is 13.4 Å². The van der Waals surface area contributed by atoms with E-state index in [4.69, 9.17) is 0 Å². The molecule has 0 aromatic carbocycles. The molecule has 2 aromatic heterocycles. The normalized spacial score (nSPS) is 10.9. The zero-order valence-corrected chi connectivity index (χ0v) is 7.29. The van der Waals surface area contributed by atoms with Gasteiger partial charge in [0.25, 0.3) is 0 Å². The van der Waals surface area contributed by atoms with Gasteiger partial charge >= 0.3 is 0 Å². The molecule has 0 amide bonds. The van der Waals surface area contributed by atoms with Gasteiger partial charge in [-0.05, 0) is 18.1 Å². The Hall–Kier alpha value is -1.45. The van der Waals surface area contributed by atoms with Crippen LogP contribution in [-0.2, 0) is 7.05 Å². The molecule has 2 aromatic rings. The van der Waals surface area contributed by atoms with E-state index in [-0.39, 0.29) is 0 Å². The Kier molecular flexibility index (Phi) is 1.36. The summed E-state index contributed by atoms with van der Waals surface area (Å²) in [6, 6.07) is 0. The summed E-state index contributed by atoms with van der Waals surface area (Å²) in [5.74, 6) is 0.946. The van der Waals surface area contributed by atoms with E-state index < -0.39 is 0 Å². The number of fused-ring (bicyclic) bond motifs is 1. The topological polar surface area (TPSA) is 43.6 Å². The zero-order chi connectivity index (χ0) is 8.72. The SMILES string of the molecule is Cc1n[c-]nc2nc(C)n(C)c12. The third-order valence-corrected chi connectivity index (χ3v) is 2.02. The predicted molar refractivity (Wildman–Crippen MR) is 44.6 cm³/mol. The molecule has 0 saturated carbocycles. The van der Waals surface area contributed by atoms with Crippen LogP contribution in [0.4, 0.5) is 0 Å². The number of rotatable bonds is 0. The molecule has 12 heavy (non-hydrogen) atoms. The van der Waals surface area contributed by atoms with Crippen molar-refractivity contribution in [1.29, 1.82) is 0 Å². The Morgan fingerprint density at radius 1 is 1.25 bits per heavy atom. The number of aryl methyl sites for hydroxylation is 3. The van der Waals surface area contributed by atoms with Crippen LogP contribution >= 0.6 is 0 Å². The molecule has 2 heterocycles. The van der Waals surface area contributed by atoms with Crippen molar-refractivity contribution in [3.8, 4) is 0 Å². The molecule has 0 atom stereocenters. The van der Waals surface area contributed by atoms with Crippen molar-refractivity contribution < 1.29 is 0 Å². The van der Waals surface area contributed by atoms with Crippen molar-refractivity contribution in [3.05, 3.63) is 17.8 Å². The number of hydrogen-bond acceptors (Lipinski definition) is 3. The van der Waals surface area contributed by atoms with Crippen LogP contribution in [0.1, 0.15) is 11.5 Å². The fraction of sp³-hybridized carbons (Fsp3) is 0.375. The van der Waals surface area contributed by atoms with Gasteiger partial charge in [-0.2, -0.15) is 0 Å². The van der Waals surface area contributed by atoms with Gasteiger partial charge in [-0.3, -0.25) is 4.98 Å². The van der Waals surface area contributed by atoms with Crippen LogP contribution in [0.2, 0.25) is 0 Å². The van der Waals surface area contributed by atoms with Crippen molar-refractivity contribution in [3.63, 3.8) is 0 Å². The fourth-order valence-corrected chi connectivity index (χ4v) is 1.28. The van der Waals surface area contributed by atoms with E-state index in [9.17, 15) is 0 Å². The van der Waals surface area contributed by atoms with E-state index in [1.54, 1.807) is 0 Å². The van der Waals surface area contributed by atoms with E-state index >= 15 is 0 Å². The number of nitrogens with zero attached hydrogens (tertiary/aromatic N) is 4. The average molecular weight is 161 g/mol. The highest BCUT2D eigenvalue weighted by Gasteiger charge is 1.99. The van der Waals surface area contributed by atoms with Crippen LogP contribution in [0.15, 0.2) is 0 Å². The minimum absolute atomic E-state index is 0.725. The second-order valence-electron chi connectivity index (χ2n) is 2.80. The first-order chi connectivity index (χ1) is 5.70. The van der Waals surface area contributed by atoms with Gasteiger partial charge < -0.3 is 14.5 Å². The lowest BCUT2D eigenvalue weighted by Gasteiger charge is -2.05. The molecule has 4 heteroatoms. The highest BCUT2D eigenvalue weighted by atomic mass is 15.1. The van der Waals surface area contributed by atoms with Gasteiger partial charge in [-0.15, -0.1) is 0 Å². The second kappa shape index (κ2) is 2.27. The molecule has 0 aliphatic heterocycles. The summed E-state index contributed by atoms with van der Waals surface area (Å²) in [5.41, 5.74) is 2.64. The van der Waals surface area contributed by atoms with Crippen LogP contribution in [0.25, 0.3) is 11.2 Å². The van der Waals surface area contributed by atoms with E-state index in [0.29, 0.717) is 0 Å². The number of imidazole rings is 1. The van der Waals surface area contributed by atoms with E-state index in [1.807, 2.05) is 25.5 Å². The Morgan fingerprint density at radius 3 is 2.67 bits per heavy atom. The Balaban J connectivity index is 2.97. The van der Waals surface area contributed by atoms with Gasteiger partial charge in [-0.1, -0.05) is 6.92 Å². The molecule has 0 bridgehead atoms. The maximum atomic E-state index is 4.25. The summed E-state index contributed by atoms with van der Waals surface area (Å²) in [4.78, 5) is 12.2. The van der Waals surface area contributed by atoms with Crippen LogP contribution in [0.5, 0.6) is 0 Å². The van der Waals surface area contributed by atoms with Gasteiger partial charge in [0.2, 0.25) is 0 Å². The first-order valence-electron chi connectivity index (χ1n) is 3.74. The molecule has 2 rings (SSSR count). The van der Waals surface area contributed by atoms with E-state index in [0.717, 1.165) is 22.7 Å². The highest BCUT2D eigenvalue weighted by Crippen LogP contribution is 2.13. The lowest BCUT2D eigenvalue weighted by atomic mass is 10.4. The zero-order valence-electron chi connectivity index (χ0n) is 7.29. The van der Waals surface area contributed by atoms with Crippen molar-refractivity contribution in [1.82, 2.24) is 19.5 Å². The molecule has 0 aliphatic carbocycles. The average Bonchev–Trinajstić information content (AvgIpc) is 2.29. The third kappa shape index (κ3) is 0.809. The van der Waals surface area contributed by atoms with Crippen LogP contribution in [-0.4, -0.2) is 19.5 Å². The summed E-state index contributed by atoms with van der Waals surface area (Å²) in [5, 5.41) is 0. The smallest absolute Gasteiger partial charge is 0.0923 e. The summed E-state index contributed by atoms with van der Waals surface area (Å²) < 4.78 is 1.98. The molecule has 0 N–H and O–H groups in total. The number of hydrogen-bond donors (Lipinski definition) is 0. The molecule has 4 nitrogen and oxygen atoms in total. The van der Waals surface area contributed by atoms with Gasteiger partial charge in [-0.25, -0.2) is 0 Å². The van der Waals surface area contributed by atoms with Crippen LogP contribution < -0.4 is 0 Å². The Labute approximate surface area is 70.3 Å². The van der Waals surface area contributed by atoms with Crippen LogP contribution in [0.3, 0.4) is 0 Å². The van der Waals surface area contributed by atoms with E-state index in [1.165, 1.54) is 0 Å². The molecule has 0 fully saturated rings. The summed E-state index contributed by atoms with van der Waals surface area (Å²) in [7, 11) is 1.96. The van der Waals surface area contributed by atoms with Crippen molar-refractivity contribution in [2.75, 3.05) is 0 Å². The summed E-state index contributed by atoms with van der Waals surface area (Å²) in [6.45, 7) is 3.88. The largest absolute Gasteiger partial charge is 0.369 e. The lowest BCUT2D eigenvalue weighted by molar-refractivity contribution is 0.879. The van der Waals surface area contributed by atoms with Crippen molar-refractivity contribution in [2.24, 2.45) is 7.05 Å². The molecule has 0 aliphatic rings. The second-order valence-corrected chi connectivity index (χ2v) is 2.80. The first-order valence-corrected chi connectivity index (χ1v) is 3.74. The molecular weight excluding hydrogens is 152 g/mol. The quantitative estimate of drug-likeness (QED) is 0.536. The van der Waals surface area contributed by atoms with Crippen molar-refractivity contribution >= 4 is 11.2 Å².